The lowest BCUT2D eigenvalue weighted by molar-refractivity contribution is -0.112. The highest BCUT2D eigenvalue weighted by molar-refractivity contribution is 14.1. The number of amides is 1. The molecule has 1 N–H and O–H groups in total. The molecule has 1 aliphatic heterocycles. The van der Waals surface area contributed by atoms with Crippen molar-refractivity contribution in [2.24, 2.45) is 0 Å². The van der Waals surface area contributed by atoms with Crippen LogP contribution in [0.1, 0.15) is 5.56 Å². The molecule has 2 nitrogen and oxygen atoms in total. The van der Waals surface area contributed by atoms with Gasteiger partial charge in [-0.15, -0.1) is 0 Å². The van der Waals surface area contributed by atoms with E-state index < -0.39 is 0 Å². The molecule has 0 aromatic heterocycles. The lowest BCUT2D eigenvalue weighted by atomic mass is 10.2. The quantitative estimate of drug-likeness (QED) is 0.589. The van der Waals surface area contributed by atoms with Gasteiger partial charge in [0.05, 0.1) is 10.6 Å². The normalized spacial score (nSPS) is 16.1. The van der Waals surface area contributed by atoms with Crippen molar-refractivity contribution in [3.8, 4) is 0 Å². The van der Waals surface area contributed by atoms with Crippen molar-refractivity contribution >= 4 is 52.0 Å². The van der Waals surface area contributed by atoms with E-state index in [4.69, 9.17) is 0 Å². The first kappa shape index (κ1) is 12.7. The van der Waals surface area contributed by atoms with E-state index in [1.165, 1.54) is 11.8 Å². The van der Waals surface area contributed by atoms with Crippen LogP contribution >= 0.6 is 34.4 Å². The molecule has 0 atom stereocenters. The number of rotatable bonds is 1. The minimum atomic E-state index is -0.0393. The second kappa shape index (κ2) is 5.38. The maximum Gasteiger partial charge on any atom is 0.262 e. The van der Waals surface area contributed by atoms with Crippen molar-refractivity contribution in [3.63, 3.8) is 0 Å². The highest BCUT2D eigenvalue weighted by atomic mass is 127. The Hall–Kier alpha value is -1.27. The molecule has 0 aliphatic carbocycles. The van der Waals surface area contributed by atoms with Gasteiger partial charge in [-0.25, -0.2) is 0 Å². The second-order valence-corrected chi connectivity index (χ2v) is 6.45. The summed E-state index contributed by atoms with van der Waals surface area (Å²) in [6.45, 7) is 0. The number of anilines is 1. The number of carbonyl (C=O) groups excluding carboxylic acids is 1. The SMILES string of the molecule is O=C1Nc2ccccc2S/C1=C\c1cccc(I)c1. The van der Waals surface area contributed by atoms with E-state index in [0.717, 1.165) is 24.6 Å². The number of carbonyl (C=O) groups is 1. The summed E-state index contributed by atoms with van der Waals surface area (Å²) in [5, 5.41) is 2.91. The minimum Gasteiger partial charge on any atom is -0.320 e. The van der Waals surface area contributed by atoms with Crippen LogP contribution in [0.3, 0.4) is 0 Å². The molecular formula is C15H10INOS. The first-order valence-electron chi connectivity index (χ1n) is 5.78. The predicted octanol–water partition coefficient (Wildman–Crippen LogP) is 4.38. The Morgan fingerprint density at radius 1 is 1.11 bits per heavy atom. The monoisotopic (exact) mass is 379 g/mol. The van der Waals surface area contributed by atoms with E-state index >= 15 is 0 Å². The number of para-hydroxylation sites is 1. The summed E-state index contributed by atoms with van der Waals surface area (Å²) in [5.74, 6) is -0.0393. The van der Waals surface area contributed by atoms with Crippen LogP contribution in [0.4, 0.5) is 5.69 Å². The topological polar surface area (TPSA) is 29.1 Å². The molecule has 2 aromatic rings. The summed E-state index contributed by atoms with van der Waals surface area (Å²) in [4.78, 5) is 13.8. The Balaban J connectivity index is 1.96. The summed E-state index contributed by atoms with van der Waals surface area (Å²) in [6, 6.07) is 15.9. The predicted molar refractivity (Wildman–Crippen MR) is 88.1 cm³/mol. The van der Waals surface area contributed by atoms with Crippen LogP contribution in [0.5, 0.6) is 0 Å². The van der Waals surface area contributed by atoms with Crippen LogP contribution in [0.25, 0.3) is 6.08 Å². The van der Waals surface area contributed by atoms with Gasteiger partial charge in [0.15, 0.2) is 0 Å². The summed E-state index contributed by atoms with van der Waals surface area (Å²) >= 11 is 3.78. The van der Waals surface area contributed by atoms with Crippen molar-refractivity contribution in [2.75, 3.05) is 5.32 Å². The lowest BCUT2D eigenvalue weighted by Crippen LogP contribution is -2.17. The fourth-order valence-corrected chi connectivity index (χ4v) is 3.37. The van der Waals surface area contributed by atoms with Gasteiger partial charge in [0.1, 0.15) is 0 Å². The average molecular weight is 379 g/mol. The third-order valence-electron chi connectivity index (χ3n) is 2.73. The number of fused-ring (bicyclic) bond motifs is 1. The molecule has 0 bridgehead atoms. The summed E-state index contributed by atoms with van der Waals surface area (Å²) in [6.07, 6.45) is 1.93. The Labute approximate surface area is 129 Å². The zero-order chi connectivity index (χ0) is 13.2. The third kappa shape index (κ3) is 2.84. The molecule has 1 heterocycles. The van der Waals surface area contributed by atoms with Gasteiger partial charge in [-0.3, -0.25) is 4.79 Å². The maximum absolute atomic E-state index is 12.0. The van der Waals surface area contributed by atoms with Crippen LogP contribution < -0.4 is 5.32 Å². The minimum absolute atomic E-state index is 0.0393. The first-order valence-corrected chi connectivity index (χ1v) is 7.67. The van der Waals surface area contributed by atoms with Gasteiger partial charge >= 0.3 is 0 Å². The number of halogens is 1. The van der Waals surface area contributed by atoms with Gasteiger partial charge < -0.3 is 5.32 Å². The van der Waals surface area contributed by atoms with Crippen LogP contribution in [-0.2, 0) is 4.79 Å². The molecule has 2 aromatic carbocycles. The van der Waals surface area contributed by atoms with Crippen LogP contribution in [0, 0.1) is 3.57 Å². The van der Waals surface area contributed by atoms with Crippen LogP contribution in [0.2, 0.25) is 0 Å². The number of benzene rings is 2. The van der Waals surface area contributed by atoms with E-state index in [2.05, 4.69) is 34.0 Å². The molecule has 1 aliphatic rings. The highest BCUT2D eigenvalue weighted by Crippen LogP contribution is 2.38. The molecule has 4 heteroatoms. The molecule has 94 valence electrons. The number of thioether (sulfide) groups is 1. The molecule has 0 radical (unpaired) electrons. The summed E-state index contributed by atoms with van der Waals surface area (Å²) in [5.41, 5.74) is 1.93. The van der Waals surface area contributed by atoms with Crippen LogP contribution in [0.15, 0.2) is 58.3 Å². The highest BCUT2D eigenvalue weighted by Gasteiger charge is 2.20. The van der Waals surface area contributed by atoms with Gasteiger partial charge in [-0.05, 0) is 58.5 Å². The van der Waals surface area contributed by atoms with Crippen molar-refractivity contribution in [1.82, 2.24) is 0 Å². The van der Waals surface area contributed by atoms with E-state index in [0.29, 0.717) is 0 Å². The molecule has 0 saturated heterocycles. The zero-order valence-electron chi connectivity index (χ0n) is 9.89. The average Bonchev–Trinajstić information content (AvgIpc) is 2.40. The molecule has 0 saturated carbocycles. The molecular weight excluding hydrogens is 369 g/mol. The smallest absolute Gasteiger partial charge is 0.262 e. The van der Waals surface area contributed by atoms with E-state index in [1.54, 1.807) is 0 Å². The lowest BCUT2D eigenvalue weighted by Gasteiger charge is -2.18. The summed E-state index contributed by atoms with van der Waals surface area (Å²) < 4.78 is 1.16. The van der Waals surface area contributed by atoms with Crippen LogP contribution in [-0.4, -0.2) is 5.91 Å². The Kier molecular flexibility index (Phi) is 3.61. The van der Waals surface area contributed by atoms with Crippen molar-refractivity contribution in [3.05, 3.63) is 62.6 Å². The van der Waals surface area contributed by atoms with E-state index in [-0.39, 0.29) is 5.91 Å². The molecule has 19 heavy (non-hydrogen) atoms. The molecule has 0 fully saturated rings. The largest absolute Gasteiger partial charge is 0.320 e. The molecule has 1 amide bonds. The Bertz CT molecular complexity index is 681. The molecule has 0 spiro atoms. The standard InChI is InChI=1S/C15H10INOS/c16-11-5-3-4-10(8-11)9-14-15(18)17-12-6-1-2-7-13(12)19-14/h1-9H,(H,17,18)/b14-9-. The van der Waals surface area contributed by atoms with Gasteiger partial charge in [0, 0.05) is 8.47 Å². The van der Waals surface area contributed by atoms with E-state index in [9.17, 15) is 4.79 Å². The number of nitrogens with one attached hydrogen (secondary N) is 1. The summed E-state index contributed by atoms with van der Waals surface area (Å²) in [7, 11) is 0. The zero-order valence-corrected chi connectivity index (χ0v) is 12.9. The first-order chi connectivity index (χ1) is 9.22. The van der Waals surface area contributed by atoms with Gasteiger partial charge in [0.2, 0.25) is 0 Å². The van der Waals surface area contributed by atoms with Crippen molar-refractivity contribution < 1.29 is 4.79 Å². The Morgan fingerprint density at radius 3 is 2.79 bits per heavy atom. The van der Waals surface area contributed by atoms with E-state index in [1.807, 2.05) is 48.5 Å². The van der Waals surface area contributed by atoms with Gasteiger partial charge in [-0.2, -0.15) is 0 Å². The van der Waals surface area contributed by atoms with Gasteiger partial charge in [0.25, 0.3) is 5.91 Å². The number of hydrogen-bond donors (Lipinski definition) is 1. The fraction of sp³-hybridized carbons (Fsp3) is 0. The second-order valence-electron chi connectivity index (χ2n) is 4.12. The molecule has 3 rings (SSSR count). The number of hydrogen-bond acceptors (Lipinski definition) is 2. The van der Waals surface area contributed by atoms with Crippen molar-refractivity contribution in [2.45, 2.75) is 4.90 Å². The molecule has 0 unspecified atom stereocenters. The van der Waals surface area contributed by atoms with Gasteiger partial charge in [-0.1, -0.05) is 36.0 Å². The van der Waals surface area contributed by atoms with Crippen molar-refractivity contribution in [1.29, 1.82) is 0 Å². The Morgan fingerprint density at radius 2 is 1.95 bits per heavy atom. The fourth-order valence-electron chi connectivity index (χ4n) is 1.85. The maximum atomic E-state index is 12.0. The third-order valence-corrected chi connectivity index (χ3v) is 4.50.